The molecular formula is C24H30O8S4. The molecular weight excluding hydrogens is 545 g/mol. The normalized spacial score (nSPS) is 37.1. The Morgan fingerprint density at radius 3 is 1.22 bits per heavy atom. The maximum atomic E-state index is 10.4. The molecule has 8 nitrogen and oxygen atoms in total. The van der Waals surface area contributed by atoms with Gasteiger partial charge in [-0.05, 0) is 24.3 Å². The van der Waals surface area contributed by atoms with Gasteiger partial charge in [-0.25, -0.2) is 0 Å². The fourth-order valence-corrected chi connectivity index (χ4v) is 8.36. The van der Waals surface area contributed by atoms with Crippen LogP contribution >= 0.6 is 45.1 Å². The molecule has 2 fully saturated rings. The number of rotatable bonds is 9. The zero-order valence-electron chi connectivity index (χ0n) is 19.1. The molecule has 2 aromatic rings. The lowest BCUT2D eigenvalue weighted by molar-refractivity contribution is -0.191. The van der Waals surface area contributed by atoms with Gasteiger partial charge in [-0.2, -0.15) is 0 Å². The molecule has 4 rings (SSSR count). The van der Waals surface area contributed by atoms with Crippen molar-refractivity contribution >= 4 is 45.1 Å². The number of hydrogen-bond donors (Lipinski definition) is 6. The fourth-order valence-electron chi connectivity index (χ4n) is 3.80. The van der Waals surface area contributed by atoms with Crippen LogP contribution in [-0.4, -0.2) is 102 Å². The molecule has 12 heteroatoms. The average Bonchev–Trinajstić information content (AvgIpc) is 2.90. The first-order valence-corrected chi connectivity index (χ1v) is 15.7. The molecule has 0 bridgehead atoms. The largest absolute Gasteiger partial charge is 0.388 e. The summed E-state index contributed by atoms with van der Waals surface area (Å²) in [5.41, 5.74) is -1.48. The van der Waals surface area contributed by atoms with Gasteiger partial charge in [0.1, 0.15) is 47.5 Å². The van der Waals surface area contributed by atoms with Crippen molar-refractivity contribution in [1.29, 1.82) is 0 Å². The Bertz CT molecular complexity index is 853. The van der Waals surface area contributed by atoms with Gasteiger partial charge in [-0.15, -0.1) is 0 Å². The highest BCUT2D eigenvalue weighted by atomic mass is 33.1. The molecule has 0 aromatic heterocycles. The number of aliphatic hydroxyl groups excluding tert-OH is 6. The molecule has 0 unspecified atom stereocenters. The second-order valence-electron chi connectivity index (χ2n) is 8.46. The van der Waals surface area contributed by atoms with Crippen molar-refractivity contribution < 1.29 is 40.1 Å². The summed E-state index contributed by atoms with van der Waals surface area (Å²) in [7, 11) is 2.73. The number of hydrogen-bond acceptors (Lipinski definition) is 12. The Morgan fingerprint density at radius 1 is 0.500 bits per heavy atom. The number of benzene rings is 2. The van der Waals surface area contributed by atoms with Gasteiger partial charge in [0, 0.05) is 21.3 Å². The van der Waals surface area contributed by atoms with Crippen LogP contribution in [0, 0.1) is 0 Å². The SMILES string of the molecule is O[C@@H]1[C@H](O)[C@@H](Sc2ccccc2)O[C@H](CSSC[C@H]2O[C@H](Sc3ccccc3)[C@@H](O)[C@@H](O)[C@@H]2O)[C@H]1O. The minimum Gasteiger partial charge on any atom is -0.388 e. The monoisotopic (exact) mass is 574 g/mol. The van der Waals surface area contributed by atoms with Crippen molar-refractivity contribution in [2.45, 2.75) is 69.5 Å². The second kappa shape index (κ2) is 13.5. The third kappa shape index (κ3) is 7.13. The number of aliphatic hydroxyl groups is 6. The van der Waals surface area contributed by atoms with Gasteiger partial charge in [0.2, 0.25) is 0 Å². The zero-order chi connectivity index (χ0) is 25.7. The zero-order valence-corrected chi connectivity index (χ0v) is 22.4. The van der Waals surface area contributed by atoms with E-state index in [4.69, 9.17) is 9.47 Å². The van der Waals surface area contributed by atoms with Gasteiger partial charge in [0.25, 0.3) is 0 Å². The molecule has 2 aromatic carbocycles. The first-order valence-electron chi connectivity index (χ1n) is 11.4. The van der Waals surface area contributed by atoms with E-state index in [1.54, 1.807) is 0 Å². The van der Waals surface area contributed by atoms with Crippen molar-refractivity contribution in [2.24, 2.45) is 0 Å². The van der Waals surface area contributed by atoms with Crippen LogP contribution in [0.25, 0.3) is 0 Å². The number of thioether (sulfide) groups is 2. The molecule has 0 spiro atoms. The number of ether oxygens (including phenoxy) is 2. The summed E-state index contributed by atoms with van der Waals surface area (Å²) < 4.78 is 11.8. The van der Waals surface area contributed by atoms with Gasteiger partial charge in [-0.3, -0.25) is 0 Å². The first-order chi connectivity index (χ1) is 17.3. The van der Waals surface area contributed by atoms with Crippen LogP contribution in [0.4, 0.5) is 0 Å². The van der Waals surface area contributed by atoms with Gasteiger partial charge in [0.05, 0.1) is 12.2 Å². The van der Waals surface area contributed by atoms with Gasteiger partial charge >= 0.3 is 0 Å². The van der Waals surface area contributed by atoms with Crippen LogP contribution in [0.1, 0.15) is 0 Å². The summed E-state index contributed by atoms with van der Waals surface area (Å²) in [4.78, 5) is 1.75. The van der Waals surface area contributed by atoms with Gasteiger partial charge in [0.15, 0.2) is 0 Å². The molecule has 0 saturated carbocycles. The minimum absolute atomic E-state index is 0.317. The summed E-state index contributed by atoms with van der Waals surface area (Å²) in [6.07, 6.45) is -9.09. The smallest absolute Gasteiger partial charge is 0.136 e. The first kappa shape index (κ1) is 28.5. The Morgan fingerprint density at radius 2 is 0.861 bits per heavy atom. The molecule has 36 heavy (non-hydrogen) atoms. The Hall–Kier alpha value is -0.480. The lowest BCUT2D eigenvalue weighted by atomic mass is 10.0. The quantitative estimate of drug-likeness (QED) is 0.191. The van der Waals surface area contributed by atoms with Crippen molar-refractivity contribution in [3.05, 3.63) is 60.7 Å². The Balaban J connectivity index is 1.28. The van der Waals surface area contributed by atoms with Gasteiger partial charge in [-0.1, -0.05) is 81.5 Å². The second-order valence-corrected chi connectivity index (χ2v) is 13.4. The average molecular weight is 575 g/mol. The van der Waals surface area contributed by atoms with E-state index < -0.39 is 59.7 Å². The Kier molecular flexibility index (Phi) is 10.7. The summed E-state index contributed by atoms with van der Waals surface area (Å²) in [6.45, 7) is 0. The third-order valence-electron chi connectivity index (χ3n) is 5.88. The van der Waals surface area contributed by atoms with E-state index in [9.17, 15) is 30.6 Å². The standard InChI is InChI=1S/C24H30O8S4/c25-17-15(31-23(21(29)19(17)27)35-13-7-3-1-4-8-13)11-33-34-12-16-18(26)20(28)22(30)24(32-16)36-14-9-5-2-6-10-14/h1-10,15-30H,11-12H2/t15-,16-,17-,18-,19+,20+,21+,22+,23-,24-/m1/s1. The topological polar surface area (TPSA) is 140 Å². The van der Waals surface area contributed by atoms with Crippen LogP contribution in [0.15, 0.2) is 70.5 Å². The lowest BCUT2D eigenvalue weighted by Gasteiger charge is -2.41. The molecule has 0 radical (unpaired) electrons. The van der Waals surface area contributed by atoms with Crippen molar-refractivity contribution in [1.82, 2.24) is 0 Å². The van der Waals surface area contributed by atoms with Crippen molar-refractivity contribution in [2.75, 3.05) is 11.5 Å². The van der Waals surface area contributed by atoms with Crippen LogP contribution in [0.5, 0.6) is 0 Å². The molecule has 0 amide bonds. The highest BCUT2D eigenvalue weighted by Crippen LogP contribution is 2.38. The predicted molar refractivity (Wildman–Crippen MR) is 143 cm³/mol. The predicted octanol–water partition coefficient (Wildman–Crippen LogP) is 1.57. The molecule has 2 aliphatic heterocycles. The van der Waals surface area contributed by atoms with Gasteiger partial charge < -0.3 is 40.1 Å². The van der Waals surface area contributed by atoms with Crippen LogP contribution in [-0.2, 0) is 9.47 Å². The summed E-state index contributed by atoms with van der Waals surface area (Å²) in [5, 5.41) is 62.3. The molecule has 0 aliphatic carbocycles. The highest BCUT2D eigenvalue weighted by Gasteiger charge is 2.45. The van der Waals surface area contributed by atoms with Crippen LogP contribution < -0.4 is 0 Å². The summed E-state index contributed by atoms with van der Waals surface area (Å²) in [5.74, 6) is 0.634. The van der Waals surface area contributed by atoms with E-state index in [0.29, 0.717) is 11.5 Å². The summed E-state index contributed by atoms with van der Waals surface area (Å²) >= 11 is 2.56. The molecule has 2 heterocycles. The maximum absolute atomic E-state index is 10.4. The highest BCUT2D eigenvalue weighted by molar-refractivity contribution is 8.76. The minimum atomic E-state index is -1.34. The fraction of sp³-hybridized carbons (Fsp3) is 0.500. The molecule has 10 atom stereocenters. The van der Waals surface area contributed by atoms with Crippen LogP contribution in [0.3, 0.4) is 0 Å². The molecule has 6 N–H and O–H groups in total. The van der Waals surface area contributed by atoms with Crippen molar-refractivity contribution in [3.8, 4) is 0 Å². The van der Waals surface area contributed by atoms with E-state index in [1.807, 2.05) is 60.7 Å². The van der Waals surface area contributed by atoms with Crippen molar-refractivity contribution in [3.63, 3.8) is 0 Å². The van der Waals surface area contributed by atoms with E-state index in [0.717, 1.165) is 9.79 Å². The van der Waals surface area contributed by atoms with E-state index in [1.165, 1.54) is 45.1 Å². The molecule has 2 aliphatic rings. The van der Waals surface area contributed by atoms with E-state index in [-0.39, 0.29) is 0 Å². The van der Waals surface area contributed by atoms with E-state index in [2.05, 4.69) is 0 Å². The van der Waals surface area contributed by atoms with Crippen LogP contribution in [0.2, 0.25) is 0 Å². The maximum Gasteiger partial charge on any atom is 0.136 e. The van der Waals surface area contributed by atoms with E-state index >= 15 is 0 Å². The Labute approximate surface area is 226 Å². The molecule has 2 saturated heterocycles. The third-order valence-corrected chi connectivity index (χ3v) is 10.6. The molecule has 198 valence electrons. The lowest BCUT2D eigenvalue weighted by Crippen LogP contribution is -2.57. The summed E-state index contributed by atoms with van der Waals surface area (Å²) in [6, 6.07) is 18.7.